The van der Waals surface area contributed by atoms with Gasteiger partial charge in [-0.2, -0.15) is 0 Å². The highest BCUT2D eigenvalue weighted by atomic mass is 16.5. The highest BCUT2D eigenvalue weighted by molar-refractivity contribution is 5.53. The number of hydrogen-bond acceptors (Lipinski definition) is 2. The molecule has 0 radical (unpaired) electrons. The molecule has 2 rings (SSSR count). The average Bonchev–Trinajstić information content (AvgIpc) is 2.60. The van der Waals surface area contributed by atoms with Crippen molar-refractivity contribution >= 4 is 0 Å². The number of unbranched alkanes of at least 4 members (excludes halogenated alkanes) is 2. The quantitative estimate of drug-likeness (QED) is 0.399. The Hall–Kier alpha value is -1.70. The molecular formula is C23H34O2. The molecule has 2 unspecified atom stereocenters. The Kier molecular flexibility index (Phi) is 7.16. The van der Waals surface area contributed by atoms with E-state index in [9.17, 15) is 0 Å². The predicted molar refractivity (Wildman–Crippen MR) is 107 cm³/mol. The van der Waals surface area contributed by atoms with Crippen LogP contribution in [0.1, 0.15) is 69.9 Å². The van der Waals surface area contributed by atoms with Gasteiger partial charge in [0.15, 0.2) is 0 Å². The monoisotopic (exact) mass is 342 g/mol. The van der Waals surface area contributed by atoms with E-state index in [1.54, 1.807) is 14.2 Å². The first-order chi connectivity index (χ1) is 12.0. The molecule has 1 aromatic rings. The zero-order chi connectivity index (χ0) is 18.4. The molecule has 2 atom stereocenters. The highest BCUT2D eigenvalue weighted by Crippen LogP contribution is 2.47. The number of rotatable bonds is 8. The maximum atomic E-state index is 5.81. The molecule has 0 aromatic heterocycles. The second kappa shape index (κ2) is 9.12. The van der Waals surface area contributed by atoms with Crippen LogP contribution in [0.5, 0.6) is 11.5 Å². The fourth-order valence-electron chi connectivity index (χ4n) is 3.95. The summed E-state index contributed by atoms with van der Waals surface area (Å²) < 4.78 is 11.6. The summed E-state index contributed by atoms with van der Waals surface area (Å²) in [5, 5.41) is 0. The van der Waals surface area contributed by atoms with Crippen LogP contribution in [0.3, 0.4) is 0 Å². The zero-order valence-corrected chi connectivity index (χ0v) is 16.7. The van der Waals surface area contributed by atoms with Crippen LogP contribution in [-0.4, -0.2) is 14.2 Å². The fourth-order valence-corrected chi connectivity index (χ4v) is 3.95. The minimum atomic E-state index is 0.279. The van der Waals surface area contributed by atoms with Crippen molar-refractivity contribution in [2.45, 2.75) is 65.2 Å². The third-order valence-electron chi connectivity index (χ3n) is 5.39. The topological polar surface area (TPSA) is 18.5 Å². The largest absolute Gasteiger partial charge is 0.496 e. The average molecular weight is 343 g/mol. The van der Waals surface area contributed by atoms with Crippen LogP contribution >= 0.6 is 0 Å². The summed E-state index contributed by atoms with van der Waals surface area (Å²) in [7, 11) is 3.53. The van der Waals surface area contributed by atoms with Crippen LogP contribution in [0.2, 0.25) is 0 Å². The van der Waals surface area contributed by atoms with Crippen LogP contribution in [0.15, 0.2) is 35.9 Å². The summed E-state index contributed by atoms with van der Waals surface area (Å²) in [4.78, 5) is 0. The second-order valence-electron chi connectivity index (χ2n) is 7.40. The lowest BCUT2D eigenvalue weighted by atomic mass is 9.73. The van der Waals surface area contributed by atoms with E-state index in [1.807, 2.05) is 0 Å². The predicted octanol–water partition coefficient (Wildman–Crippen LogP) is 6.45. The van der Waals surface area contributed by atoms with Gasteiger partial charge in [-0.25, -0.2) is 0 Å². The summed E-state index contributed by atoms with van der Waals surface area (Å²) in [5.74, 6) is 2.62. The van der Waals surface area contributed by atoms with Gasteiger partial charge in [-0.1, -0.05) is 43.6 Å². The van der Waals surface area contributed by atoms with Crippen molar-refractivity contribution < 1.29 is 9.47 Å². The van der Waals surface area contributed by atoms with E-state index < -0.39 is 0 Å². The van der Waals surface area contributed by atoms with Crippen LogP contribution < -0.4 is 9.47 Å². The minimum Gasteiger partial charge on any atom is -0.496 e. The number of benzene rings is 1. The van der Waals surface area contributed by atoms with E-state index in [2.05, 4.69) is 45.6 Å². The first-order valence-corrected chi connectivity index (χ1v) is 9.59. The van der Waals surface area contributed by atoms with Gasteiger partial charge in [0.05, 0.1) is 14.2 Å². The lowest BCUT2D eigenvalue weighted by Crippen LogP contribution is -2.18. The Morgan fingerprint density at radius 2 is 1.80 bits per heavy atom. The van der Waals surface area contributed by atoms with Gasteiger partial charge in [-0.05, 0) is 63.1 Å². The molecule has 0 heterocycles. The lowest BCUT2D eigenvalue weighted by molar-refractivity contribution is 0.368. The molecule has 0 bridgehead atoms. The first kappa shape index (κ1) is 19.6. The molecule has 25 heavy (non-hydrogen) atoms. The van der Waals surface area contributed by atoms with Gasteiger partial charge in [0.25, 0.3) is 0 Å². The summed E-state index contributed by atoms with van der Waals surface area (Å²) >= 11 is 0. The summed E-state index contributed by atoms with van der Waals surface area (Å²) in [6, 6.07) is 4.42. The molecule has 138 valence electrons. The number of hydrogen-bond donors (Lipinski definition) is 0. The first-order valence-electron chi connectivity index (χ1n) is 9.59. The Morgan fingerprint density at radius 1 is 1.16 bits per heavy atom. The van der Waals surface area contributed by atoms with E-state index in [0.717, 1.165) is 30.8 Å². The molecule has 2 heteroatoms. The van der Waals surface area contributed by atoms with Gasteiger partial charge in [0.1, 0.15) is 11.5 Å². The maximum Gasteiger partial charge on any atom is 0.126 e. The Labute approximate surface area is 153 Å². The molecule has 0 amide bonds. The Balaban J connectivity index is 2.47. The van der Waals surface area contributed by atoms with Crippen molar-refractivity contribution in [1.82, 2.24) is 0 Å². The SMILES string of the molecule is C=C(C)C1CCC(C)=CC1c1c(OC)cc(CCCCC)cc1OC. The van der Waals surface area contributed by atoms with E-state index >= 15 is 0 Å². The summed E-state index contributed by atoms with van der Waals surface area (Å²) in [6.07, 6.45) is 9.46. The van der Waals surface area contributed by atoms with Crippen molar-refractivity contribution in [3.05, 3.63) is 47.1 Å². The number of methoxy groups -OCH3 is 2. The molecule has 0 spiro atoms. The van der Waals surface area contributed by atoms with Crippen LogP contribution in [0.4, 0.5) is 0 Å². The van der Waals surface area contributed by atoms with Gasteiger partial charge >= 0.3 is 0 Å². The molecule has 0 N–H and O–H groups in total. The van der Waals surface area contributed by atoms with Crippen molar-refractivity contribution in [3.8, 4) is 11.5 Å². The molecule has 0 saturated carbocycles. The minimum absolute atomic E-state index is 0.279. The molecule has 1 aliphatic carbocycles. The fraction of sp³-hybridized carbons (Fsp3) is 0.565. The molecule has 0 saturated heterocycles. The van der Waals surface area contributed by atoms with Crippen LogP contribution in [-0.2, 0) is 6.42 Å². The van der Waals surface area contributed by atoms with Gasteiger partial charge in [-0.3, -0.25) is 0 Å². The second-order valence-corrected chi connectivity index (χ2v) is 7.40. The van der Waals surface area contributed by atoms with Crippen LogP contribution in [0, 0.1) is 5.92 Å². The molecule has 2 nitrogen and oxygen atoms in total. The van der Waals surface area contributed by atoms with Crippen LogP contribution in [0.25, 0.3) is 0 Å². The molecular weight excluding hydrogens is 308 g/mol. The third kappa shape index (κ3) is 4.68. The van der Waals surface area contributed by atoms with E-state index in [4.69, 9.17) is 9.47 Å². The summed E-state index contributed by atoms with van der Waals surface area (Å²) in [5.41, 5.74) is 5.16. The van der Waals surface area contributed by atoms with Gasteiger partial charge in [-0.15, -0.1) is 0 Å². The Morgan fingerprint density at radius 3 is 2.32 bits per heavy atom. The number of aryl methyl sites for hydroxylation is 1. The van der Waals surface area contributed by atoms with Gasteiger partial charge < -0.3 is 9.47 Å². The van der Waals surface area contributed by atoms with Crippen molar-refractivity contribution in [3.63, 3.8) is 0 Å². The van der Waals surface area contributed by atoms with Gasteiger partial charge in [0.2, 0.25) is 0 Å². The van der Waals surface area contributed by atoms with Gasteiger partial charge in [0, 0.05) is 11.5 Å². The van der Waals surface area contributed by atoms with Crippen molar-refractivity contribution in [2.24, 2.45) is 5.92 Å². The third-order valence-corrected chi connectivity index (χ3v) is 5.39. The number of allylic oxidation sites excluding steroid dienone is 3. The van der Waals surface area contributed by atoms with E-state index in [0.29, 0.717) is 5.92 Å². The number of ether oxygens (including phenoxy) is 2. The molecule has 1 aliphatic rings. The highest BCUT2D eigenvalue weighted by Gasteiger charge is 2.30. The molecule has 0 fully saturated rings. The Bertz CT molecular complexity index is 602. The zero-order valence-electron chi connectivity index (χ0n) is 16.7. The maximum absolute atomic E-state index is 5.81. The molecule has 1 aromatic carbocycles. The van der Waals surface area contributed by atoms with E-state index in [1.165, 1.54) is 41.5 Å². The van der Waals surface area contributed by atoms with Crippen molar-refractivity contribution in [2.75, 3.05) is 14.2 Å². The van der Waals surface area contributed by atoms with Crippen molar-refractivity contribution in [1.29, 1.82) is 0 Å². The summed E-state index contributed by atoms with van der Waals surface area (Å²) in [6.45, 7) is 10.8. The standard InChI is InChI=1S/C23H34O2/c1-7-8-9-10-18-14-21(24-5)23(22(15-18)25-6)20-13-17(4)11-12-19(20)16(2)3/h13-15,19-20H,2,7-12H2,1,3-6H3. The lowest BCUT2D eigenvalue weighted by Gasteiger charge is -2.32. The molecule has 0 aliphatic heterocycles. The normalized spacial score (nSPS) is 20.1. The van der Waals surface area contributed by atoms with E-state index in [-0.39, 0.29) is 5.92 Å². The smallest absolute Gasteiger partial charge is 0.126 e.